The standard InChI is InChI=1S/C16H19FN2O2/c1-21-10-11(8-9-18)19-16(20)14-6-7-15(17)13-5-3-2-4-12(13)14/h2-7,11H,8-10,18H2,1H3,(H,19,20). The molecular formula is C16H19FN2O2. The summed E-state index contributed by atoms with van der Waals surface area (Å²) in [5, 5.41) is 3.91. The van der Waals surface area contributed by atoms with E-state index < -0.39 is 0 Å². The van der Waals surface area contributed by atoms with Gasteiger partial charge in [-0.15, -0.1) is 0 Å². The van der Waals surface area contributed by atoms with Gasteiger partial charge in [-0.05, 0) is 30.5 Å². The van der Waals surface area contributed by atoms with Crippen molar-refractivity contribution in [3.05, 3.63) is 47.8 Å². The van der Waals surface area contributed by atoms with Crippen molar-refractivity contribution in [2.75, 3.05) is 20.3 Å². The fraction of sp³-hybridized carbons (Fsp3) is 0.312. The van der Waals surface area contributed by atoms with E-state index in [4.69, 9.17) is 10.5 Å². The van der Waals surface area contributed by atoms with Gasteiger partial charge < -0.3 is 15.8 Å². The van der Waals surface area contributed by atoms with Crippen LogP contribution in [0.5, 0.6) is 0 Å². The monoisotopic (exact) mass is 290 g/mol. The van der Waals surface area contributed by atoms with Gasteiger partial charge in [0.15, 0.2) is 0 Å². The van der Waals surface area contributed by atoms with Crippen LogP contribution in [0.15, 0.2) is 36.4 Å². The first-order chi connectivity index (χ1) is 10.2. The van der Waals surface area contributed by atoms with E-state index >= 15 is 0 Å². The summed E-state index contributed by atoms with van der Waals surface area (Å²) in [5.41, 5.74) is 5.98. The van der Waals surface area contributed by atoms with Crippen LogP contribution in [-0.2, 0) is 4.74 Å². The maximum Gasteiger partial charge on any atom is 0.252 e. The molecule has 0 fully saturated rings. The van der Waals surface area contributed by atoms with Gasteiger partial charge in [0, 0.05) is 18.1 Å². The molecule has 1 amide bonds. The Labute approximate surface area is 123 Å². The van der Waals surface area contributed by atoms with E-state index in [1.807, 2.05) is 0 Å². The number of nitrogens with one attached hydrogen (secondary N) is 1. The molecule has 1 unspecified atom stereocenters. The van der Waals surface area contributed by atoms with Crippen molar-refractivity contribution in [1.82, 2.24) is 5.32 Å². The van der Waals surface area contributed by atoms with E-state index in [1.165, 1.54) is 12.1 Å². The summed E-state index contributed by atoms with van der Waals surface area (Å²) in [6, 6.07) is 9.58. The highest BCUT2D eigenvalue weighted by Crippen LogP contribution is 2.21. The molecule has 21 heavy (non-hydrogen) atoms. The fourth-order valence-corrected chi connectivity index (χ4v) is 2.32. The van der Waals surface area contributed by atoms with Crippen molar-refractivity contribution in [2.24, 2.45) is 5.73 Å². The number of halogens is 1. The minimum Gasteiger partial charge on any atom is -0.383 e. The molecule has 0 heterocycles. The van der Waals surface area contributed by atoms with Crippen LogP contribution in [0.1, 0.15) is 16.8 Å². The zero-order chi connectivity index (χ0) is 15.2. The molecule has 112 valence electrons. The highest BCUT2D eigenvalue weighted by molar-refractivity contribution is 6.07. The number of nitrogens with two attached hydrogens (primary N) is 1. The summed E-state index contributed by atoms with van der Waals surface area (Å²) in [4.78, 5) is 12.4. The molecule has 0 saturated heterocycles. The number of carbonyl (C=O) groups is 1. The van der Waals surface area contributed by atoms with Crippen molar-refractivity contribution in [3.63, 3.8) is 0 Å². The van der Waals surface area contributed by atoms with E-state index in [9.17, 15) is 9.18 Å². The van der Waals surface area contributed by atoms with E-state index in [0.717, 1.165) is 0 Å². The lowest BCUT2D eigenvalue weighted by molar-refractivity contribution is 0.0895. The Bertz CT molecular complexity index is 625. The molecule has 0 aromatic heterocycles. The molecule has 2 aromatic carbocycles. The minimum atomic E-state index is -0.336. The Morgan fingerprint density at radius 3 is 2.67 bits per heavy atom. The van der Waals surface area contributed by atoms with Crippen LogP contribution in [-0.4, -0.2) is 32.2 Å². The van der Waals surface area contributed by atoms with Crippen molar-refractivity contribution < 1.29 is 13.9 Å². The third-order valence-electron chi connectivity index (χ3n) is 3.33. The molecule has 2 rings (SSSR count). The molecule has 4 nitrogen and oxygen atoms in total. The Hall–Kier alpha value is -1.98. The second kappa shape index (κ2) is 7.15. The lowest BCUT2D eigenvalue weighted by Crippen LogP contribution is -2.39. The third kappa shape index (κ3) is 3.56. The molecule has 0 aliphatic rings. The first-order valence-corrected chi connectivity index (χ1v) is 6.84. The van der Waals surface area contributed by atoms with Crippen LogP contribution >= 0.6 is 0 Å². The van der Waals surface area contributed by atoms with Crippen LogP contribution in [0.25, 0.3) is 10.8 Å². The number of hydrogen-bond donors (Lipinski definition) is 2. The van der Waals surface area contributed by atoms with E-state index in [1.54, 1.807) is 31.4 Å². The second-order valence-electron chi connectivity index (χ2n) is 4.84. The summed E-state index contributed by atoms with van der Waals surface area (Å²) in [5.74, 6) is -0.584. The third-order valence-corrected chi connectivity index (χ3v) is 3.33. The molecule has 2 aromatic rings. The van der Waals surface area contributed by atoms with Crippen LogP contribution in [0, 0.1) is 5.82 Å². The summed E-state index contributed by atoms with van der Waals surface area (Å²) in [7, 11) is 1.57. The topological polar surface area (TPSA) is 64.3 Å². The highest BCUT2D eigenvalue weighted by Gasteiger charge is 2.16. The van der Waals surface area contributed by atoms with E-state index in [2.05, 4.69) is 5.32 Å². The van der Waals surface area contributed by atoms with E-state index in [0.29, 0.717) is 35.9 Å². The first-order valence-electron chi connectivity index (χ1n) is 6.84. The number of amides is 1. The summed E-state index contributed by atoms with van der Waals surface area (Å²) < 4.78 is 18.8. The number of fused-ring (bicyclic) bond motifs is 1. The van der Waals surface area contributed by atoms with Crippen molar-refractivity contribution >= 4 is 16.7 Å². The van der Waals surface area contributed by atoms with E-state index in [-0.39, 0.29) is 17.8 Å². The number of hydrogen-bond acceptors (Lipinski definition) is 3. The van der Waals surface area contributed by atoms with Crippen molar-refractivity contribution in [1.29, 1.82) is 0 Å². The number of benzene rings is 2. The molecule has 0 aliphatic carbocycles. The summed E-state index contributed by atoms with van der Waals surface area (Å²) >= 11 is 0. The molecule has 1 atom stereocenters. The lowest BCUT2D eigenvalue weighted by atomic mass is 10.0. The number of methoxy groups -OCH3 is 1. The normalized spacial score (nSPS) is 12.3. The Morgan fingerprint density at radius 2 is 2.00 bits per heavy atom. The van der Waals surface area contributed by atoms with Gasteiger partial charge in [0.2, 0.25) is 0 Å². The van der Waals surface area contributed by atoms with Crippen molar-refractivity contribution in [2.45, 2.75) is 12.5 Å². The highest BCUT2D eigenvalue weighted by atomic mass is 19.1. The van der Waals surface area contributed by atoms with Gasteiger partial charge in [0.25, 0.3) is 5.91 Å². The Balaban J connectivity index is 2.29. The number of carbonyl (C=O) groups excluding carboxylic acids is 1. The number of ether oxygens (including phenoxy) is 1. The SMILES string of the molecule is COCC(CCN)NC(=O)c1ccc(F)c2ccccc12. The predicted octanol–water partition coefficient (Wildman–Crippen LogP) is 2.07. The molecule has 0 radical (unpaired) electrons. The zero-order valence-corrected chi connectivity index (χ0v) is 11.9. The molecule has 5 heteroatoms. The average Bonchev–Trinajstić information content (AvgIpc) is 2.48. The fourth-order valence-electron chi connectivity index (χ4n) is 2.32. The molecule has 0 saturated carbocycles. The van der Waals surface area contributed by atoms with Gasteiger partial charge in [-0.25, -0.2) is 4.39 Å². The minimum absolute atomic E-state index is 0.156. The van der Waals surface area contributed by atoms with Gasteiger partial charge in [0.05, 0.1) is 12.6 Å². The average molecular weight is 290 g/mol. The Kier molecular flexibility index (Phi) is 5.25. The maximum absolute atomic E-state index is 13.8. The molecule has 0 aliphatic heterocycles. The number of rotatable bonds is 6. The molecule has 3 N–H and O–H groups in total. The predicted molar refractivity (Wildman–Crippen MR) is 80.7 cm³/mol. The van der Waals surface area contributed by atoms with Crippen LogP contribution in [0.4, 0.5) is 4.39 Å². The summed E-state index contributed by atoms with van der Waals surface area (Å²) in [6.07, 6.45) is 0.624. The van der Waals surface area contributed by atoms with Gasteiger partial charge in [-0.2, -0.15) is 0 Å². The van der Waals surface area contributed by atoms with Crippen LogP contribution < -0.4 is 11.1 Å². The van der Waals surface area contributed by atoms with Gasteiger partial charge in [0.1, 0.15) is 5.82 Å². The zero-order valence-electron chi connectivity index (χ0n) is 11.9. The van der Waals surface area contributed by atoms with Gasteiger partial charge >= 0.3 is 0 Å². The Morgan fingerprint density at radius 1 is 1.29 bits per heavy atom. The molecular weight excluding hydrogens is 271 g/mol. The second-order valence-corrected chi connectivity index (χ2v) is 4.84. The first kappa shape index (κ1) is 15.4. The smallest absolute Gasteiger partial charge is 0.252 e. The van der Waals surface area contributed by atoms with Gasteiger partial charge in [-0.1, -0.05) is 24.3 Å². The summed E-state index contributed by atoms with van der Waals surface area (Å²) in [6.45, 7) is 0.848. The molecule has 0 bridgehead atoms. The van der Waals surface area contributed by atoms with Crippen LogP contribution in [0.3, 0.4) is 0 Å². The maximum atomic E-state index is 13.8. The largest absolute Gasteiger partial charge is 0.383 e. The van der Waals surface area contributed by atoms with Crippen LogP contribution in [0.2, 0.25) is 0 Å². The lowest BCUT2D eigenvalue weighted by Gasteiger charge is -2.17. The molecule has 0 spiro atoms. The quantitative estimate of drug-likeness (QED) is 0.856. The van der Waals surface area contributed by atoms with Crippen molar-refractivity contribution in [3.8, 4) is 0 Å². The van der Waals surface area contributed by atoms with Gasteiger partial charge in [-0.3, -0.25) is 4.79 Å².